The van der Waals surface area contributed by atoms with E-state index in [9.17, 15) is 14.9 Å². The fourth-order valence-corrected chi connectivity index (χ4v) is 6.62. The molecule has 2 aromatic carbocycles. The molecule has 8 nitrogen and oxygen atoms in total. The Hall–Kier alpha value is -3.65. The molecule has 0 radical (unpaired) electrons. The number of allylic oxidation sites excluding steroid dienone is 3. The molecule has 2 N–H and O–H groups in total. The van der Waals surface area contributed by atoms with Gasteiger partial charge in [0.1, 0.15) is 11.6 Å². The molecular formula is C27H22ClN5O3S2. The lowest BCUT2D eigenvalue weighted by Crippen LogP contribution is -2.38. The number of nitrogens with zero attached hydrogens (tertiary/aromatic N) is 4. The number of anilines is 1. The number of nitriles is 1. The van der Waals surface area contributed by atoms with Crippen molar-refractivity contribution in [2.45, 2.75) is 29.5 Å². The third-order valence-corrected chi connectivity index (χ3v) is 8.74. The van der Waals surface area contributed by atoms with Gasteiger partial charge in [-0.25, -0.2) is 0 Å². The molecule has 0 amide bonds. The van der Waals surface area contributed by atoms with Crippen LogP contribution in [0.2, 0.25) is 5.02 Å². The quantitative estimate of drug-likeness (QED) is 0.294. The van der Waals surface area contributed by atoms with Gasteiger partial charge < -0.3 is 10.5 Å². The molecule has 0 spiro atoms. The first-order chi connectivity index (χ1) is 18.4. The Bertz CT molecular complexity index is 1520. The van der Waals surface area contributed by atoms with E-state index in [1.165, 1.54) is 23.1 Å². The van der Waals surface area contributed by atoms with E-state index in [-0.39, 0.29) is 28.7 Å². The summed E-state index contributed by atoms with van der Waals surface area (Å²) >= 11 is 8.44. The van der Waals surface area contributed by atoms with Crippen LogP contribution in [0.5, 0.6) is 5.75 Å². The van der Waals surface area contributed by atoms with E-state index in [1.807, 2.05) is 18.2 Å². The molecule has 1 aliphatic heterocycles. The lowest BCUT2D eigenvalue weighted by atomic mass is 9.75. The Morgan fingerprint density at radius 1 is 1.24 bits per heavy atom. The highest BCUT2D eigenvalue weighted by atomic mass is 35.5. The van der Waals surface area contributed by atoms with Crippen LogP contribution in [-0.4, -0.2) is 34.6 Å². The maximum absolute atomic E-state index is 13.3. The van der Waals surface area contributed by atoms with Crippen molar-refractivity contribution >= 4 is 51.4 Å². The molecule has 1 aliphatic carbocycles. The predicted molar refractivity (Wildman–Crippen MR) is 147 cm³/mol. The van der Waals surface area contributed by atoms with Gasteiger partial charge >= 0.3 is 0 Å². The summed E-state index contributed by atoms with van der Waals surface area (Å²) in [6.07, 6.45) is 1.65. The van der Waals surface area contributed by atoms with E-state index in [2.05, 4.69) is 16.3 Å². The third-order valence-electron chi connectivity index (χ3n) is 6.44. The van der Waals surface area contributed by atoms with E-state index < -0.39 is 5.92 Å². The average Bonchev–Trinajstić information content (AvgIpc) is 3.40. The van der Waals surface area contributed by atoms with Gasteiger partial charge in [-0.05, 0) is 43.2 Å². The van der Waals surface area contributed by atoms with Crippen LogP contribution in [0, 0.1) is 11.3 Å². The van der Waals surface area contributed by atoms with Gasteiger partial charge in [-0.2, -0.15) is 5.26 Å². The monoisotopic (exact) mass is 563 g/mol. The van der Waals surface area contributed by atoms with Crippen LogP contribution in [-0.2, 0) is 4.79 Å². The van der Waals surface area contributed by atoms with Gasteiger partial charge in [0.25, 0.3) is 0 Å². The molecule has 38 heavy (non-hydrogen) atoms. The predicted octanol–water partition coefficient (Wildman–Crippen LogP) is 5.48. The molecule has 2 aliphatic rings. The smallest absolute Gasteiger partial charge is 0.219 e. The molecular weight excluding hydrogens is 542 g/mol. The molecule has 1 aromatic heterocycles. The van der Waals surface area contributed by atoms with Gasteiger partial charge in [-0.3, -0.25) is 14.5 Å². The Morgan fingerprint density at radius 3 is 2.74 bits per heavy atom. The summed E-state index contributed by atoms with van der Waals surface area (Å²) in [5, 5.41) is 19.8. The number of Topliss-reactive ketones (excluding diaryl/α,β-unsaturated/α-hetero) is 2. The Kier molecular flexibility index (Phi) is 7.51. The number of aromatic nitrogens is 2. The zero-order chi connectivity index (χ0) is 26.8. The number of methoxy groups -OCH3 is 1. The lowest BCUT2D eigenvalue weighted by Gasteiger charge is -2.38. The summed E-state index contributed by atoms with van der Waals surface area (Å²) in [5.74, 6) is 0.246. The SMILES string of the molecule is COc1ccccc1C1C(C#N)=C(N)N(c2nnc(SCC(=O)c3ccc(Cl)cc3)s2)C2=C1C(=O)CCC2. The van der Waals surface area contributed by atoms with Crippen LogP contribution in [0.15, 0.2) is 75.5 Å². The molecule has 192 valence electrons. The number of thioether (sulfide) groups is 1. The van der Waals surface area contributed by atoms with Gasteiger partial charge in [0.05, 0.1) is 30.4 Å². The summed E-state index contributed by atoms with van der Waals surface area (Å²) in [5.41, 5.74) is 9.41. The van der Waals surface area contributed by atoms with Gasteiger partial charge in [0.2, 0.25) is 5.13 Å². The molecule has 11 heteroatoms. The summed E-state index contributed by atoms with van der Waals surface area (Å²) in [7, 11) is 1.56. The number of ether oxygens (including phenoxy) is 1. The minimum atomic E-state index is -0.631. The number of benzene rings is 2. The average molecular weight is 564 g/mol. The second-order valence-corrected chi connectivity index (χ2v) is 11.2. The van der Waals surface area contributed by atoms with Crippen molar-refractivity contribution < 1.29 is 14.3 Å². The Balaban J connectivity index is 1.49. The maximum Gasteiger partial charge on any atom is 0.219 e. The molecule has 0 bridgehead atoms. The number of carbonyl (C=O) groups is 2. The van der Waals surface area contributed by atoms with Crippen molar-refractivity contribution in [3.63, 3.8) is 0 Å². The van der Waals surface area contributed by atoms with E-state index in [4.69, 9.17) is 22.1 Å². The highest BCUT2D eigenvalue weighted by molar-refractivity contribution is 8.01. The van der Waals surface area contributed by atoms with Crippen molar-refractivity contribution in [1.82, 2.24) is 10.2 Å². The Labute approximate surface area is 232 Å². The standard InChI is InChI=1S/C27H22ClN5O3S2/c1-36-22-8-3-2-5-17(22)23-18(13-29)25(30)33(19-6-4-7-20(34)24(19)23)26-31-32-27(38-26)37-14-21(35)15-9-11-16(28)12-10-15/h2-3,5,8-12,23H,4,6-7,14,30H2,1H3. The first-order valence-electron chi connectivity index (χ1n) is 11.8. The highest BCUT2D eigenvalue weighted by Gasteiger charge is 2.42. The highest BCUT2D eigenvalue weighted by Crippen LogP contribution is 2.48. The number of rotatable bonds is 7. The van der Waals surface area contributed by atoms with E-state index >= 15 is 0 Å². The van der Waals surface area contributed by atoms with Crippen molar-refractivity contribution in [3.05, 3.63) is 87.3 Å². The van der Waals surface area contributed by atoms with Crippen LogP contribution < -0.4 is 15.4 Å². The molecule has 0 saturated heterocycles. The minimum Gasteiger partial charge on any atom is -0.496 e. The number of ketones is 2. The summed E-state index contributed by atoms with van der Waals surface area (Å²) in [6.45, 7) is 0. The summed E-state index contributed by atoms with van der Waals surface area (Å²) in [4.78, 5) is 27.6. The van der Waals surface area contributed by atoms with Gasteiger partial charge in [-0.15, -0.1) is 10.2 Å². The largest absolute Gasteiger partial charge is 0.496 e. The van der Waals surface area contributed by atoms with Gasteiger partial charge in [0, 0.05) is 33.8 Å². The molecule has 0 saturated carbocycles. The number of halogens is 1. The summed E-state index contributed by atoms with van der Waals surface area (Å²) in [6, 6.07) is 16.3. The zero-order valence-corrected chi connectivity index (χ0v) is 22.7. The minimum absolute atomic E-state index is 0.0277. The lowest BCUT2D eigenvalue weighted by molar-refractivity contribution is -0.116. The zero-order valence-electron chi connectivity index (χ0n) is 20.3. The van der Waals surface area contributed by atoms with Gasteiger partial charge in [0.15, 0.2) is 15.9 Å². The normalized spacial score (nSPS) is 17.3. The maximum atomic E-state index is 13.3. The third kappa shape index (κ3) is 4.80. The first-order valence-corrected chi connectivity index (χ1v) is 13.9. The van der Waals surface area contributed by atoms with E-state index in [0.717, 1.165) is 5.70 Å². The van der Waals surface area contributed by atoms with Crippen molar-refractivity contribution in [2.24, 2.45) is 5.73 Å². The molecule has 2 heterocycles. The number of hydrogen-bond donors (Lipinski definition) is 1. The second kappa shape index (κ2) is 11.0. The topological polar surface area (TPSA) is 122 Å². The summed E-state index contributed by atoms with van der Waals surface area (Å²) < 4.78 is 6.14. The fraction of sp³-hybridized carbons (Fsp3) is 0.222. The van der Waals surface area contributed by atoms with Crippen LogP contribution in [0.25, 0.3) is 0 Å². The molecule has 0 fully saturated rings. The number of nitrogens with two attached hydrogens (primary N) is 1. The van der Waals surface area contributed by atoms with Crippen molar-refractivity contribution in [1.29, 1.82) is 5.26 Å². The van der Waals surface area contributed by atoms with E-state index in [0.29, 0.717) is 56.2 Å². The first kappa shape index (κ1) is 26.0. The fourth-order valence-electron chi connectivity index (χ4n) is 4.72. The molecule has 5 rings (SSSR count). The van der Waals surface area contributed by atoms with Crippen LogP contribution in [0.3, 0.4) is 0 Å². The van der Waals surface area contributed by atoms with E-state index in [1.54, 1.807) is 42.3 Å². The molecule has 3 aromatic rings. The second-order valence-electron chi connectivity index (χ2n) is 8.63. The van der Waals surface area contributed by atoms with Crippen LogP contribution in [0.1, 0.15) is 41.1 Å². The molecule has 1 unspecified atom stereocenters. The van der Waals surface area contributed by atoms with Crippen molar-refractivity contribution in [3.8, 4) is 11.8 Å². The Morgan fingerprint density at radius 2 is 2.00 bits per heavy atom. The number of hydrogen-bond acceptors (Lipinski definition) is 10. The number of para-hydroxylation sites is 1. The molecule has 1 atom stereocenters. The van der Waals surface area contributed by atoms with Crippen LogP contribution in [0.4, 0.5) is 5.13 Å². The van der Waals surface area contributed by atoms with Gasteiger partial charge in [-0.1, -0.05) is 52.9 Å². The van der Waals surface area contributed by atoms with Crippen molar-refractivity contribution in [2.75, 3.05) is 17.8 Å². The van der Waals surface area contributed by atoms with Crippen LogP contribution >= 0.6 is 34.7 Å². The number of carbonyl (C=O) groups excluding carboxylic acids is 2.